The maximum Gasteiger partial charge on any atom is 0.448 e. The Hall–Kier alpha value is -3.21. The second-order valence-corrected chi connectivity index (χ2v) is 10.7. The van der Waals surface area contributed by atoms with Crippen molar-refractivity contribution >= 4 is 35.1 Å². The van der Waals surface area contributed by atoms with Gasteiger partial charge in [-0.1, -0.05) is 54.6 Å². The zero-order chi connectivity index (χ0) is 27.9. The largest absolute Gasteiger partial charge is 0.458 e. The van der Waals surface area contributed by atoms with E-state index in [1.807, 2.05) is 30.3 Å². The summed E-state index contributed by atoms with van der Waals surface area (Å²) in [6.45, 7) is 6.81. The molecule has 0 radical (unpaired) electrons. The van der Waals surface area contributed by atoms with Crippen LogP contribution >= 0.6 is 15.9 Å². The maximum atomic E-state index is 12.8. The second kappa shape index (κ2) is 13.0. The lowest BCUT2D eigenvalue weighted by atomic mass is 9.98. The molecule has 10 heteroatoms. The standard InChI is InChI=1S/C27H27BrN2O4.CH5BO2/c1-27(2,3)34-25(31)23(14-17-12-13-24(28)29-15-17)30-26(32)33-16-22-20-10-6-4-8-18(20)19-9-5-7-11-21(19)22;1-2(3)4/h4-13,15,22-23H,14,16H2,1-3H3,(H,30,32);3-4H,1H3/t23-;/m0./s1. The van der Waals surface area contributed by atoms with Gasteiger partial charge < -0.3 is 24.8 Å². The van der Waals surface area contributed by atoms with E-state index in [0.29, 0.717) is 4.60 Å². The number of amides is 1. The third-order valence-electron chi connectivity index (χ3n) is 5.56. The van der Waals surface area contributed by atoms with Gasteiger partial charge in [-0.15, -0.1) is 0 Å². The van der Waals surface area contributed by atoms with Crippen LogP contribution in [0.3, 0.4) is 0 Å². The molecular weight excluding hydrogens is 551 g/mol. The third kappa shape index (κ3) is 8.41. The van der Waals surface area contributed by atoms with Crippen LogP contribution in [0.25, 0.3) is 11.1 Å². The van der Waals surface area contributed by atoms with Crippen molar-refractivity contribution in [2.24, 2.45) is 0 Å². The minimum atomic E-state index is -1.17. The molecular formula is C28H32BBrN2O6. The zero-order valence-electron chi connectivity index (χ0n) is 21.8. The molecule has 4 rings (SSSR count). The number of carbonyl (C=O) groups excluding carboxylic acids is 2. The Labute approximate surface area is 231 Å². The van der Waals surface area contributed by atoms with Gasteiger partial charge in [0.15, 0.2) is 0 Å². The fourth-order valence-corrected chi connectivity index (χ4v) is 4.35. The fourth-order valence-electron chi connectivity index (χ4n) is 4.11. The molecule has 8 nitrogen and oxygen atoms in total. The molecule has 38 heavy (non-hydrogen) atoms. The number of nitrogens with one attached hydrogen (secondary N) is 1. The van der Waals surface area contributed by atoms with Crippen LogP contribution in [0.1, 0.15) is 43.4 Å². The van der Waals surface area contributed by atoms with Crippen LogP contribution in [-0.4, -0.2) is 52.5 Å². The summed E-state index contributed by atoms with van der Waals surface area (Å²) in [7, 11) is -1.17. The monoisotopic (exact) mass is 582 g/mol. The first-order valence-electron chi connectivity index (χ1n) is 12.3. The van der Waals surface area contributed by atoms with Gasteiger partial charge in [-0.05, 0) is 77.4 Å². The van der Waals surface area contributed by atoms with Crippen LogP contribution in [0.4, 0.5) is 4.79 Å². The van der Waals surface area contributed by atoms with Crippen LogP contribution < -0.4 is 5.32 Å². The molecule has 0 saturated heterocycles. The summed E-state index contributed by atoms with van der Waals surface area (Å²) < 4.78 is 11.8. The lowest BCUT2D eigenvalue weighted by Crippen LogP contribution is -2.46. The first kappa shape index (κ1) is 29.4. The average molecular weight is 583 g/mol. The molecule has 200 valence electrons. The van der Waals surface area contributed by atoms with Crippen LogP contribution in [0.15, 0.2) is 71.5 Å². The number of alkyl carbamates (subject to hydrolysis) is 1. The van der Waals surface area contributed by atoms with E-state index in [1.54, 1.807) is 33.0 Å². The van der Waals surface area contributed by atoms with Gasteiger partial charge >= 0.3 is 19.2 Å². The molecule has 1 amide bonds. The number of esters is 1. The minimum absolute atomic E-state index is 0.0613. The SMILES string of the molecule is CB(O)O.CC(C)(C)OC(=O)[C@H](Cc1ccc(Br)nc1)NC(=O)OCC1c2ccccc2-c2ccccc21. The Morgan fingerprint density at radius 1 is 1.03 bits per heavy atom. The fraction of sp³-hybridized carbons (Fsp3) is 0.321. The van der Waals surface area contributed by atoms with Gasteiger partial charge in [0.1, 0.15) is 22.9 Å². The molecule has 0 fully saturated rings. The van der Waals surface area contributed by atoms with Crippen LogP contribution in [0, 0.1) is 0 Å². The van der Waals surface area contributed by atoms with Gasteiger partial charge in [0.2, 0.25) is 0 Å². The number of benzene rings is 2. The maximum absolute atomic E-state index is 12.8. The van der Waals surface area contributed by atoms with E-state index >= 15 is 0 Å². The predicted octanol–water partition coefficient (Wildman–Crippen LogP) is 4.72. The number of carbonyl (C=O) groups is 2. The molecule has 1 aliphatic rings. The Balaban J connectivity index is 0.000000934. The Kier molecular flexibility index (Phi) is 10.1. The van der Waals surface area contributed by atoms with E-state index < -0.39 is 30.8 Å². The van der Waals surface area contributed by atoms with Gasteiger partial charge in [-0.3, -0.25) is 0 Å². The number of fused-ring (bicyclic) bond motifs is 3. The van der Waals surface area contributed by atoms with Gasteiger partial charge in [0.25, 0.3) is 0 Å². The number of halogens is 1. The van der Waals surface area contributed by atoms with Crippen molar-refractivity contribution in [2.45, 2.75) is 51.6 Å². The lowest BCUT2D eigenvalue weighted by Gasteiger charge is -2.24. The topological polar surface area (TPSA) is 118 Å². The summed E-state index contributed by atoms with van der Waals surface area (Å²) in [6.07, 6.45) is 1.23. The van der Waals surface area contributed by atoms with Gasteiger partial charge in [-0.2, -0.15) is 0 Å². The third-order valence-corrected chi connectivity index (χ3v) is 6.02. The number of hydrogen-bond donors (Lipinski definition) is 3. The van der Waals surface area contributed by atoms with Crippen molar-refractivity contribution in [2.75, 3.05) is 6.61 Å². The Morgan fingerprint density at radius 2 is 1.58 bits per heavy atom. The molecule has 0 aliphatic heterocycles. The first-order chi connectivity index (χ1) is 17.9. The van der Waals surface area contributed by atoms with Gasteiger partial charge in [-0.25, -0.2) is 14.6 Å². The summed E-state index contributed by atoms with van der Waals surface area (Å²) in [5.41, 5.74) is 4.67. The molecule has 1 atom stereocenters. The van der Waals surface area contributed by atoms with Crippen molar-refractivity contribution in [3.05, 3.63) is 88.2 Å². The number of rotatable bonds is 6. The second-order valence-electron chi connectivity index (χ2n) is 9.88. The molecule has 2 aromatic carbocycles. The van der Waals surface area contributed by atoms with E-state index in [-0.39, 0.29) is 18.9 Å². The number of aromatic nitrogens is 1. The Bertz CT molecular complexity index is 1200. The van der Waals surface area contributed by atoms with E-state index in [1.165, 1.54) is 6.82 Å². The smallest absolute Gasteiger partial charge is 0.448 e. The van der Waals surface area contributed by atoms with E-state index in [4.69, 9.17) is 19.5 Å². The number of nitrogens with zero attached hydrogens (tertiary/aromatic N) is 1. The molecule has 0 unspecified atom stereocenters. The van der Waals surface area contributed by atoms with Crippen molar-refractivity contribution in [1.82, 2.24) is 10.3 Å². The Morgan fingerprint density at radius 3 is 2.08 bits per heavy atom. The zero-order valence-corrected chi connectivity index (χ0v) is 23.4. The normalized spacial score (nSPS) is 12.8. The van der Waals surface area contributed by atoms with Crippen molar-refractivity contribution in [3.8, 4) is 11.1 Å². The van der Waals surface area contributed by atoms with E-state index in [9.17, 15) is 9.59 Å². The molecule has 1 aliphatic carbocycles. The van der Waals surface area contributed by atoms with Gasteiger partial charge in [0, 0.05) is 18.5 Å². The van der Waals surface area contributed by atoms with Crippen LogP contribution in [-0.2, 0) is 20.7 Å². The average Bonchev–Trinajstić information content (AvgIpc) is 3.16. The van der Waals surface area contributed by atoms with E-state index in [2.05, 4.69) is 50.5 Å². The van der Waals surface area contributed by atoms with E-state index in [0.717, 1.165) is 27.8 Å². The van der Waals surface area contributed by atoms with Crippen LogP contribution in [0.5, 0.6) is 0 Å². The summed E-state index contributed by atoms with van der Waals surface area (Å²) >= 11 is 3.30. The summed E-state index contributed by atoms with van der Waals surface area (Å²) in [5.74, 6) is -0.585. The predicted molar refractivity (Wildman–Crippen MR) is 150 cm³/mol. The summed E-state index contributed by atoms with van der Waals surface area (Å²) in [4.78, 5) is 29.8. The highest BCUT2D eigenvalue weighted by Crippen LogP contribution is 2.44. The molecule has 3 N–H and O–H groups in total. The summed E-state index contributed by atoms with van der Waals surface area (Å²) in [6, 6.07) is 19.0. The molecule has 0 spiro atoms. The molecule has 1 aromatic heterocycles. The first-order valence-corrected chi connectivity index (χ1v) is 13.0. The highest BCUT2D eigenvalue weighted by atomic mass is 79.9. The quantitative estimate of drug-likeness (QED) is 0.218. The lowest BCUT2D eigenvalue weighted by molar-refractivity contribution is -0.157. The molecule has 0 bridgehead atoms. The van der Waals surface area contributed by atoms with Crippen molar-refractivity contribution in [1.29, 1.82) is 0 Å². The van der Waals surface area contributed by atoms with Crippen LogP contribution in [0.2, 0.25) is 6.82 Å². The minimum Gasteiger partial charge on any atom is -0.458 e. The summed E-state index contributed by atoms with van der Waals surface area (Å²) in [5, 5.41) is 17.9. The molecule has 1 heterocycles. The van der Waals surface area contributed by atoms with Gasteiger partial charge in [0.05, 0.1) is 0 Å². The van der Waals surface area contributed by atoms with Crippen molar-refractivity contribution < 1.29 is 29.1 Å². The highest BCUT2D eigenvalue weighted by Gasteiger charge is 2.31. The van der Waals surface area contributed by atoms with Crippen molar-refractivity contribution in [3.63, 3.8) is 0 Å². The molecule has 0 saturated carbocycles. The molecule has 3 aromatic rings. The number of pyridine rings is 1. The number of hydrogen-bond acceptors (Lipinski definition) is 7. The highest BCUT2D eigenvalue weighted by molar-refractivity contribution is 9.10. The number of ether oxygens (including phenoxy) is 2.